The van der Waals surface area contributed by atoms with Crippen LogP contribution in [-0.4, -0.2) is 0 Å². The molecule has 1 aliphatic carbocycles. The Labute approximate surface area is 331 Å². The van der Waals surface area contributed by atoms with Crippen molar-refractivity contribution in [2.75, 3.05) is 9.80 Å². The van der Waals surface area contributed by atoms with Crippen LogP contribution in [0.3, 0.4) is 0 Å². The predicted octanol–water partition coefficient (Wildman–Crippen LogP) is 15.1. The molecule has 270 valence electrons. The van der Waals surface area contributed by atoms with Crippen molar-refractivity contribution < 1.29 is 0 Å². The first-order chi connectivity index (χ1) is 27.4. The van der Waals surface area contributed by atoms with Gasteiger partial charge in [-0.1, -0.05) is 153 Å². The van der Waals surface area contributed by atoms with E-state index in [1.807, 2.05) is 0 Å². The van der Waals surface area contributed by atoms with Gasteiger partial charge in [0.1, 0.15) is 0 Å². The Morgan fingerprint density at radius 3 is 1.39 bits per heavy atom. The van der Waals surface area contributed by atoms with Crippen LogP contribution in [0.25, 0.3) is 34.4 Å². The van der Waals surface area contributed by atoms with E-state index < -0.39 is 0 Å². The number of rotatable bonds is 9. The largest absolute Gasteiger partial charge is 0.311 e. The summed E-state index contributed by atoms with van der Waals surface area (Å²) < 4.78 is 0. The van der Waals surface area contributed by atoms with Crippen molar-refractivity contribution in [3.05, 3.63) is 228 Å². The molecule has 0 N–H and O–H groups in total. The van der Waals surface area contributed by atoms with Gasteiger partial charge in [0.25, 0.3) is 0 Å². The van der Waals surface area contributed by atoms with Gasteiger partial charge < -0.3 is 9.80 Å². The minimum Gasteiger partial charge on any atom is -0.311 e. The highest BCUT2D eigenvalue weighted by atomic mass is 15.1. The maximum atomic E-state index is 2.40. The molecule has 0 saturated heterocycles. The summed E-state index contributed by atoms with van der Waals surface area (Å²) in [6, 6.07) is 72.2. The number of anilines is 6. The van der Waals surface area contributed by atoms with Gasteiger partial charge in [-0.25, -0.2) is 0 Å². The lowest BCUT2D eigenvalue weighted by Gasteiger charge is -2.28. The number of hydrogen-bond donors (Lipinski definition) is 0. The molecule has 2 nitrogen and oxygen atoms in total. The molecule has 0 amide bonds. The molecule has 0 radical (unpaired) electrons. The van der Waals surface area contributed by atoms with E-state index in [1.165, 1.54) is 44.6 Å². The molecule has 56 heavy (non-hydrogen) atoms. The van der Waals surface area contributed by atoms with Crippen molar-refractivity contribution in [1.29, 1.82) is 0 Å². The van der Waals surface area contributed by atoms with Gasteiger partial charge in [0.15, 0.2) is 0 Å². The number of fused-ring (bicyclic) bond motifs is 3. The minimum absolute atomic E-state index is 0.0664. The summed E-state index contributed by atoms with van der Waals surface area (Å²) >= 11 is 0. The van der Waals surface area contributed by atoms with Gasteiger partial charge in [-0.05, 0) is 130 Å². The third-order valence-electron chi connectivity index (χ3n) is 11.1. The molecule has 0 fully saturated rings. The zero-order valence-corrected chi connectivity index (χ0v) is 32.1. The molecule has 2 heteroatoms. The zero-order chi connectivity index (χ0) is 38.1. The molecule has 0 aliphatic heterocycles. The molecular formula is C54H44N2. The van der Waals surface area contributed by atoms with Crippen LogP contribution in [0.4, 0.5) is 34.1 Å². The third-order valence-corrected chi connectivity index (χ3v) is 11.1. The van der Waals surface area contributed by atoms with Gasteiger partial charge >= 0.3 is 0 Å². The Bertz CT molecular complexity index is 2600. The molecule has 9 rings (SSSR count). The summed E-state index contributed by atoms with van der Waals surface area (Å²) in [7, 11) is 0. The molecule has 0 aromatic heterocycles. The van der Waals surface area contributed by atoms with E-state index in [0.29, 0.717) is 0 Å². The zero-order valence-electron chi connectivity index (χ0n) is 32.1. The normalized spacial score (nSPS) is 12.6. The molecule has 0 atom stereocenters. The van der Waals surface area contributed by atoms with E-state index in [9.17, 15) is 0 Å². The molecule has 8 aromatic rings. The summed E-state index contributed by atoms with van der Waals surface area (Å²) in [5.41, 5.74) is 18.2. The number of para-hydroxylation sites is 2. The molecular weight excluding hydrogens is 677 g/mol. The highest BCUT2D eigenvalue weighted by Gasteiger charge is 2.35. The molecule has 0 unspecified atom stereocenters. The van der Waals surface area contributed by atoms with Crippen molar-refractivity contribution in [1.82, 2.24) is 0 Å². The van der Waals surface area contributed by atoms with Crippen molar-refractivity contribution >= 4 is 46.3 Å². The average Bonchev–Trinajstić information content (AvgIpc) is 3.47. The van der Waals surface area contributed by atoms with Crippen LogP contribution in [0.5, 0.6) is 0 Å². The van der Waals surface area contributed by atoms with Crippen LogP contribution < -0.4 is 9.80 Å². The summed E-state index contributed by atoms with van der Waals surface area (Å²) in [5, 5.41) is 0. The van der Waals surface area contributed by atoms with E-state index in [0.717, 1.165) is 39.6 Å². The lowest BCUT2D eigenvalue weighted by atomic mass is 9.82. The smallest absolute Gasteiger partial charge is 0.0465 e. The van der Waals surface area contributed by atoms with Crippen LogP contribution in [0, 0.1) is 6.92 Å². The SMILES string of the molecule is Cc1cccc(N(c2ccc(-c3ccc(/C=C/c4ccc(N(c5ccccc5)c5ccccc5)cc4)cc3)cc2)c2ccc3c(c2)C(C)(C)c2ccccc2-3)c1. The number of nitrogens with zero attached hydrogens (tertiary/aromatic N) is 2. The fourth-order valence-corrected chi connectivity index (χ4v) is 8.16. The summed E-state index contributed by atoms with van der Waals surface area (Å²) in [6.45, 7) is 6.85. The van der Waals surface area contributed by atoms with E-state index in [4.69, 9.17) is 0 Å². The Morgan fingerprint density at radius 2 is 0.786 bits per heavy atom. The van der Waals surface area contributed by atoms with Crippen LogP contribution in [-0.2, 0) is 5.41 Å². The van der Waals surface area contributed by atoms with Crippen LogP contribution in [0.15, 0.2) is 200 Å². The Hall–Kier alpha value is -6.90. The van der Waals surface area contributed by atoms with Crippen molar-refractivity contribution in [3.8, 4) is 22.3 Å². The molecule has 1 aliphatic rings. The molecule has 0 bridgehead atoms. The molecule has 0 saturated carbocycles. The minimum atomic E-state index is -0.0664. The van der Waals surface area contributed by atoms with Crippen molar-refractivity contribution in [3.63, 3.8) is 0 Å². The number of hydrogen-bond acceptors (Lipinski definition) is 2. The monoisotopic (exact) mass is 720 g/mol. The van der Waals surface area contributed by atoms with Gasteiger partial charge in [0.05, 0.1) is 0 Å². The van der Waals surface area contributed by atoms with E-state index in [1.54, 1.807) is 0 Å². The fraction of sp³-hybridized carbons (Fsp3) is 0.0741. The second-order valence-electron chi connectivity index (χ2n) is 15.2. The summed E-state index contributed by atoms with van der Waals surface area (Å²) in [4.78, 5) is 4.67. The number of benzene rings is 8. The van der Waals surface area contributed by atoms with Crippen LogP contribution >= 0.6 is 0 Å². The lowest BCUT2D eigenvalue weighted by molar-refractivity contribution is 0.660. The maximum Gasteiger partial charge on any atom is 0.0465 e. The summed E-state index contributed by atoms with van der Waals surface area (Å²) in [6.07, 6.45) is 4.37. The third kappa shape index (κ3) is 6.71. The first-order valence-electron chi connectivity index (χ1n) is 19.4. The quantitative estimate of drug-likeness (QED) is 0.137. The standard InChI is InChI=1S/C54H44N2/c1-39-13-12-18-48(37-39)56(49-35-36-51-50-19-10-11-20-52(50)54(2,3)53(51)38-49)47-33-29-43(30-34-47)42-27-23-40(24-28-42)21-22-41-25-31-46(32-26-41)55(44-14-6-4-7-15-44)45-16-8-5-9-17-45/h4-38H,1-3H3/b22-21+. The topological polar surface area (TPSA) is 6.48 Å². The Morgan fingerprint density at radius 1 is 0.357 bits per heavy atom. The predicted molar refractivity (Wildman–Crippen MR) is 239 cm³/mol. The van der Waals surface area contributed by atoms with Gasteiger partial charge in [-0.3, -0.25) is 0 Å². The van der Waals surface area contributed by atoms with E-state index in [2.05, 4.69) is 243 Å². The fourth-order valence-electron chi connectivity index (χ4n) is 8.16. The van der Waals surface area contributed by atoms with E-state index in [-0.39, 0.29) is 5.41 Å². The summed E-state index contributed by atoms with van der Waals surface area (Å²) in [5.74, 6) is 0. The second kappa shape index (κ2) is 14.7. The molecule has 0 spiro atoms. The highest BCUT2D eigenvalue weighted by Crippen LogP contribution is 2.50. The van der Waals surface area contributed by atoms with Crippen LogP contribution in [0.1, 0.15) is 41.7 Å². The van der Waals surface area contributed by atoms with Crippen molar-refractivity contribution in [2.45, 2.75) is 26.2 Å². The maximum absolute atomic E-state index is 2.40. The van der Waals surface area contributed by atoms with Crippen LogP contribution in [0.2, 0.25) is 0 Å². The second-order valence-corrected chi connectivity index (χ2v) is 15.2. The van der Waals surface area contributed by atoms with Gasteiger partial charge in [0, 0.05) is 39.5 Å². The van der Waals surface area contributed by atoms with Gasteiger partial charge in [-0.2, -0.15) is 0 Å². The molecule has 0 heterocycles. The highest BCUT2D eigenvalue weighted by molar-refractivity contribution is 5.86. The van der Waals surface area contributed by atoms with Gasteiger partial charge in [-0.15, -0.1) is 0 Å². The lowest BCUT2D eigenvalue weighted by Crippen LogP contribution is -2.16. The average molecular weight is 721 g/mol. The van der Waals surface area contributed by atoms with E-state index >= 15 is 0 Å². The Balaban J connectivity index is 0.945. The number of aryl methyl sites for hydroxylation is 1. The first-order valence-corrected chi connectivity index (χ1v) is 19.4. The van der Waals surface area contributed by atoms with Gasteiger partial charge in [0.2, 0.25) is 0 Å². The van der Waals surface area contributed by atoms with Crippen molar-refractivity contribution in [2.24, 2.45) is 0 Å². The molecule has 8 aromatic carbocycles. The first kappa shape index (κ1) is 34.8. The Kier molecular flexibility index (Phi) is 9.17.